The van der Waals surface area contributed by atoms with Gasteiger partial charge in [-0.15, -0.1) is 0 Å². The number of nitrogens with zero attached hydrogens (tertiary/aromatic N) is 3. The van der Waals surface area contributed by atoms with Crippen LogP contribution in [0.1, 0.15) is 0 Å². The number of aromatic nitrogens is 3. The zero-order chi connectivity index (χ0) is 32.3. The minimum atomic E-state index is 0.124. The Morgan fingerprint density at radius 1 is 0.347 bits per heavy atom. The topological polar surface area (TPSA) is 38.7 Å². The predicted molar refractivity (Wildman–Crippen MR) is 206 cm³/mol. The van der Waals surface area contributed by atoms with E-state index >= 15 is 0 Å². The Hall–Kier alpha value is -5.93. The maximum absolute atomic E-state index is 5.10. The van der Waals surface area contributed by atoms with E-state index in [0.29, 0.717) is 17.5 Å². The van der Waals surface area contributed by atoms with Gasteiger partial charge in [0.2, 0.25) is 0 Å². The molecule has 0 atom stereocenters. The van der Waals surface area contributed by atoms with Gasteiger partial charge in [-0.3, -0.25) is 0 Å². The molecular weight excluding hydrogens is 661 g/mol. The van der Waals surface area contributed by atoms with Gasteiger partial charge in [0.05, 0.1) is 0 Å². The molecule has 2 aromatic heterocycles. The average Bonchev–Trinajstić information content (AvgIpc) is 3.57. The molecule has 10 aromatic rings. The van der Waals surface area contributed by atoms with Crippen LogP contribution in [0.3, 0.4) is 0 Å². The fraction of sp³-hybridized carbons (Fsp3) is 0. The second kappa shape index (κ2) is 11.3. The SMILES string of the molecule is c1ccc(-c2nc(-c3ccccc3)nc(-c3cccc4[se]c5c(-c6ccc7ccc8c9ccccc9ccc8c7c6)cccc5c34)n2)cc1. The first kappa shape index (κ1) is 28.1. The second-order valence-electron chi connectivity index (χ2n) is 12.4. The molecule has 0 unspecified atom stereocenters. The molecule has 3 nitrogen and oxygen atoms in total. The van der Waals surface area contributed by atoms with Gasteiger partial charge in [0.15, 0.2) is 0 Å². The summed E-state index contributed by atoms with van der Waals surface area (Å²) in [6, 6.07) is 58.4. The average molecular weight is 689 g/mol. The van der Waals surface area contributed by atoms with Crippen LogP contribution >= 0.6 is 0 Å². The Morgan fingerprint density at radius 3 is 1.67 bits per heavy atom. The quantitative estimate of drug-likeness (QED) is 0.136. The minimum absolute atomic E-state index is 0.124. The number of benzene rings is 8. The molecular formula is C45H27N3Se. The van der Waals surface area contributed by atoms with E-state index in [9.17, 15) is 0 Å². The molecule has 4 heteroatoms. The van der Waals surface area contributed by atoms with E-state index in [-0.39, 0.29) is 14.5 Å². The van der Waals surface area contributed by atoms with Gasteiger partial charge in [-0.1, -0.05) is 0 Å². The molecule has 49 heavy (non-hydrogen) atoms. The number of fused-ring (bicyclic) bond motifs is 8. The van der Waals surface area contributed by atoms with Gasteiger partial charge in [-0.25, -0.2) is 0 Å². The van der Waals surface area contributed by atoms with Crippen molar-refractivity contribution in [3.63, 3.8) is 0 Å². The molecule has 0 spiro atoms. The summed E-state index contributed by atoms with van der Waals surface area (Å²) in [7, 11) is 0. The molecule has 0 radical (unpaired) electrons. The zero-order valence-corrected chi connectivity index (χ0v) is 28.1. The molecule has 0 amide bonds. The van der Waals surface area contributed by atoms with Crippen LogP contribution in [0.15, 0.2) is 164 Å². The van der Waals surface area contributed by atoms with Crippen molar-refractivity contribution in [3.05, 3.63) is 164 Å². The molecule has 0 aliphatic rings. The fourth-order valence-electron chi connectivity index (χ4n) is 7.18. The van der Waals surface area contributed by atoms with E-state index in [0.717, 1.165) is 16.7 Å². The summed E-state index contributed by atoms with van der Waals surface area (Å²) >= 11 is 0.124. The van der Waals surface area contributed by atoms with Crippen LogP contribution in [0.25, 0.3) is 96.9 Å². The van der Waals surface area contributed by atoms with Crippen LogP contribution < -0.4 is 0 Å². The van der Waals surface area contributed by atoms with Crippen LogP contribution in [0.2, 0.25) is 0 Å². The van der Waals surface area contributed by atoms with Crippen molar-refractivity contribution in [1.82, 2.24) is 15.0 Å². The molecule has 10 rings (SSSR count). The van der Waals surface area contributed by atoms with E-state index in [4.69, 9.17) is 15.0 Å². The van der Waals surface area contributed by atoms with E-state index in [2.05, 4.69) is 127 Å². The molecule has 228 valence electrons. The van der Waals surface area contributed by atoms with Crippen LogP contribution in [0.4, 0.5) is 0 Å². The van der Waals surface area contributed by atoms with E-state index in [1.807, 2.05) is 36.4 Å². The van der Waals surface area contributed by atoms with Gasteiger partial charge in [0.1, 0.15) is 0 Å². The molecule has 0 aliphatic carbocycles. The van der Waals surface area contributed by atoms with E-state index in [1.54, 1.807) is 0 Å². The van der Waals surface area contributed by atoms with Crippen molar-refractivity contribution in [2.24, 2.45) is 0 Å². The van der Waals surface area contributed by atoms with E-state index < -0.39 is 0 Å². The van der Waals surface area contributed by atoms with Crippen molar-refractivity contribution >= 4 is 66.1 Å². The number of hydrogen-bond donors (Lipinski definition) is 0. The normalized spacial score (nSPS) is 11.7. The van der Waals surface area contributed by atoms with Crippen LogP contribution in [0.5, 0.6) is 0 Å². The molecule has 2 heterocycles. The monoisotopic (exact) mass is 689 g/mol. The predicted octanol–water partition coefficient (Wildman–Crippen LogP) is 11.4. The number of rotatable bonds is 4. The Kier molecular flexibility index (Phi) is 6.51. The first-order valence-electron chi connectivity index (χ1n) is 16.4. The number of hydrogen-bond acceptors (Lipinski definition) is 3. The molecule has 0 bridgehead atoms. The van der Waals surface area contributed by atoms with Crippen molar-refractivity contribution in [3.8, 4) is 45.3 Å². The third kappa shape index (κ3) is 4.69. The molecule has 0 aliphatic heterocycles. The van der Waals surface area contributed by atoms with Crippen molar-refractivity contribution in [1.29, 1.82) is 0 Å². The first-order chi connectivity index (χ1) is 24.3. The molecule has 0 N–H and O–H groups in total. The van der Waals surface area contributed by atoms with Crippen molar-refractivity contribution in [2.75, 3.05) is 0 Å². The summed E-state index contributed by atoms with van der Waals surface area (Å²) in [5.74, 6) is 2.05. The summed E-state index contributed by atoms with van der Waals surface area (Å²) in [6.07, 6.45) is 0. The Bertz CT molecular complexity index is 2820. The Morgan fingerprint density at radius 2 is 0.918 bits per heavy atom. The van der Waals surface area contributed by atoms with Gasteiger partial charge in [-0.2, -0.15) is 0 Å². The Labute approximate surface area is 288 Å². The summed E-state index contributed by atoms with van der Waals surface area (Å²) < 4.78 is 2.76. The van der Waals surface area contributed by atoms with Crippen molar-refractivity contribution < 1.29 is 0 Å². The van der Waals surface area contributed by atoms with Crippen LogP contribution in [0, 0.1) is 0 Å². The van der Waals surface area contributed by atoms with Gasteiger partial charge >= 0.3 is 290 Å². The van der Waals surface area contributed by atoms with Crippen LogP contribution in [-0.4, -0.2) is 29.5 Å². The zero-order valence-electron chi connectivity index (χ0n) is 26.3. The molecule has 0 saturated carbocycles. The third-order valence-corrected chi connectivity index (χ3v) is 12.0. The summed E-state index contributed by atoms with van der Waals surface area (Å²) in [6.45, 7) is 0. The van der Waals surface area contributed by atoms with Gasteiger partial charge in [0, 0.05) is 0 Å². The van der Waals surface area contributed by atoms with Gasteiger partial charge in [0.25, 0.3) is 0 Å². The van der Waals surface area contributed by atoms with Gasteiger partial charge < -0.3 is 0 Å². The third-order valence-electron chi connectivity index (χ3n) is 9.52. The Balaban J connectivity index is 1.18. The molecule has 8 aromatic carbocycles. The molecule has 0 fully saturated rings. The van der Waals surface area contributed by atoms with Gasteiger partial charge in [-0.05, 0) is 0 Å². The van der Waals surface area contributed by atoms with Crippen LogP contribution in [-0.2, 0) is 0 Å². The standard InChI is InChI=1S/C45H27N3Se/c1-3-12-30(13-4-1)43-46-44(31-14-5-2-6-15-31)48-45(47-43)38-19-10-20-40-41(38)37-18-9-17-34(42(37)49-40)32-22-21-29-24-25-35-33-16-8-7-11-28(33)23-26-36(35)39(29)27-32/h1-27H. The fourth-order valence-corrected chi connectivity index (χ4v) is 9.83. The summed E-state index contributed by atoms with van der Waals surface area (Å²) in [5.41, 5.74) is 5.53. The molecule has 0 saturated heterocycles. The first-order valence-corrected chi connectivity index (χ1v) is 18.2. The summed E-state index contributed by atoms with van der Waals surface area (Å²) in [5, 5.41) is 10.2. The summed E-state index contributed by atoms with van der Waals surface area (Å²) in [4.78, 5) is 15.1. The second-order valence-corrected chi connectivity index (χ2v) is 14.6. The maximum atomic E-state index is 5.10. The van der Waals surface area contributed by atoms with Crippen molar-refractivity contribution in [2.45, 2.75) is 0 Å². The van der Waals surface area contributed by atoms with E-state index in [1.165, 1.54) is 62.7 Å².